The monoisotopic (exact) mass is 623 g/mol. The van der Waals surface area contributed by atoms with Crippen molar-refractivity contribution in [1.82, 2.24) is 19.5 Å². The second kappa shape index (κ2) is 10.6. The SMILES string of the molecule is [C-]#[N+]c1ccc2c(c1)c1cc(-c3ccc4c(c3)nc(-c3ccccc3)c3c5cccnc5c5ncccc5c43)ccc1n2-c1ccccc1. The van der Waals surface area contributed by atoms with Crippen LogP contribution in [0.5, 0.6) is 0 Å². The Bertz CT molecular complexity index is 2990. The Labute approximate surface area is 281 Å². The Balaban J connectivity index is 1.27. The third-order valence-electron chi connectivity index (χ3n) is 9.64. The molecule has 10 aromatic rings. The highest BCUT2D eigenvalue weighted by Crippen LogP contribution is 2.43. The number of aromatic nitrogens is 4. The lowest BCUT2D eigenvalue weighted by molar-refractivity contribution is 1.18. The van der Waals surface area contributed by atoms with Gasteiger partial charge in [-0.25, -0.2) is 9.83 Å². The van der Waals surface area contributed by atoms with Crippen LogP contribution in [0.3, 0.4) is 0 Å². The summed E-state index contributed by atoms with van der Waals surface area (Å²) in [6.45, 7) is 7.69. The summed E-state index contributed by atoms with van der Waals surface area (Å²) in [4.78, 5) is 18.8. The maximum absolute atomic E-state index is 7.69. The van der Waals surface area contributed by atoms with E-state index in [2.05, 4.69) is 113 Å². The maximum atomic E-state index is 7.69. The molecule has 0 saturated carbocycles. The van der Waals surface area contributed by atoms with E-state index in [1.165, 1.54) is 0 Å². The molecule has 226 valence electrons. The predicted molar refractivity (Wildman–Crippen MR) is 201 cm³/mol. The third kappa shape index (κ3) is 4.08. The molecule has 0 aliphatic rings. The van der Waals surface area contributed by atoms with Crippen molar-refractivity contribution in [3.8, 4) is 28.1 Å². The molecule has 0 amide bonds. The molecule has 5 nitrogen and oxygen atoms in total. The number of para-hydroxylation sites is 1. The minimum absolute atomic E-state index is 0.629. The van der Waals surface area contributed by atoms with E-state index >= 15 is 0 Å². The second-order valence-electron chi connectivity index (χ2n) is 12.3. The number of pyridine rings is 3. The lowest BCUT2D eigenvalue weighted by atomic mass is 9.92. The van der Waals surface area contributed by atoms with Crippen LogP contribution in [-0.4, -0.2) is 19.5 Å². The van der Waals surface area contributed by atoms with Crippen LogP contribution < -0.4 is 0 Å². The van der Waals surface area contributed by atoms with Crippen LogP contribution in [0.4, 0.5) is 5.69 Å². The fourth-order valence-corrected chi connectivity index (χ4v) is 7.50. The van der Waals surface area contributed by atoms with Crippen molar-refractivity contribution in [3.63, 3.8) is 0 Å². The molecular weight excluding hydrogens is 599 g/mol. The Morgan fingerprint density at radius 2 is 1.12 bits per heavy atom. The first-order valence-corrected chi connectivity index (χ1v) is 16.2. The average molecular weight is 624 g/mol. The Morgan fingerprint density at radius 1 is 0.490 bits per heavy atom. The van der Waals surface area contributed by atoms with Crippen molar-refractivity contribution in [2.45, 2.75) is 0 Å². The van der Waals surface area contributed by atoms with Gasteiger partial charge in [-0.15, -0.1) is 0 Å². The molecule has 4 heterocycles. The summed E-state index contributed by atoms with van der Waals surface area (Å²) in [5.74, 6) is 0. The molecule has 0 aliphatic carbocycles. The van der Waals surface area contributed by atoms with Crippen molar-refractivity contribution in [2.75, 3.05) is 0 Å². The second-order valence-corrected chi connectivity index (χ2v) is 12.3. The highest BCUT2D eigenvalue weighted by Gasteiger charge is 2.20. The van der Waals surface area contributed by atoms with Crippen molar-refractivity contribution in [1.29, 1.82) is 0 Å². The first-order chi connectivity index (χ1) is 24.3. The number of hydrogen-bond donors (Lipinski definition) is 0. The standard InChI is InChI=1S/C44H25N5/c1-45-30-18-21-39-36(26-30)35-24-28(17-20-38(35)49(39)31-12-6-3-7-13-31)29-16-19-32-37(25-29)48-42(27-10-4-2-5-11-27)41-34-15-9-23-47-44(34)43-33(40(32)41)14-8-22-46-43/h2-26H. The summed E-state index contributed by atoms with van der Waals surface area (Å²) < 4.78 is 2.28. The molecule has 0 unspecified atom stereocenters. The lowest BCUT2D eigenvalue weighted by Gasteiger charge is -2.16. The molecule has 0 bridgehead atoms. The molecule has 6 aromatic carbocycles. The molecule has 0 N–H and O–H groups in total. The van der Waals surface area contributed by atoms with Gasteiger partial charge in [-0.05, 0) is 71.1 Å². The molecule has 0 aliphatic heterocycles. The summed E-state index contributed by atoms with van der Waals surface area (Å²) in [5.41, 5.74) is 10.7. The van der Waals surface area contributed by atoms with Gasteiger partial charge in [-0.3, -0.25) is 9.97 Å². The van der Waals surface area contributed by atoms with E-state index in [-0.39, 0.29) is 0 Å². The van der Waals surface area contributed by atoms with Gasteiger partial charge >= 0.3 is 0 Å². The number of hydrogen-bond acceptors (Lipinski definition) is 3. The number of rotatable bonds is 3. The number of nitrogens with zero attached hydrogens (tertiary/aromatic N) is 5. The summed E-state index contributed by atoms with van der Waals surface area (Å²) in [7, 11) is 0. The van der Waals surface area contributed by atoms with Crippen LogP contribution in [0.2, 0.25) is 0 Å². The van der Waals surface area contributed by atoms with Crippen LogP contribution in [0.25, 0.3) is 98.2 Å². The quantitative estimate of drug-likeness (QED) is 0.145. The summed E-state index contributed by atoms with van der Waals surface area (Å²) >= 11 is 0. The zero-order chi connectivity index (χ0) is 32.5. The fraction of sp³-hybridized carbons (Fsp3) is 0. The van der Waals surface area contributed by atoms with Crippen LogP contribution >= 0.6 is 0 Å². The summed E-state index contributed by atoms with van der Waals surface area (Å²) in [6.07, 6.45) is 3.68. The Hall–Kier alpha value is -6.90. The highest BCUT2D eigenvalue weighted by molar-refractivity contribution is 6.32. The summed E-state index contributed by atoms with van der Waals surface area (Å²) in [6, 6.07) is 48.3. The van der Waals surface area contributed by atoms with E-state index in [0.29, 0.717) is 5.69 Å². The average Bonchev–Trinajstić information content (AvgIpc) is 3.50. The molecule has 10 rings (SSSR count). The third-order valence-corrected chi connectivity index (χ3v) is 9.64. The van der Waals surface area contributed by atoms with Gasteiger partial charge in [0.25, 0.3) is 0 Å². The van der Waals surface area contributed by atoms with Gasteiger partial charge < -0.3 is 4.57 Å². The van der Waals surface area contributed by atoms with Gasteiger partial charge in [0.2, 0.25) is 0 Å². The van der Waals surface area contributed by atoms with E-state index in [1.807, 2.05) is 48.8 Å². The van der Waals surface area contributed by atoms with E-state index in [1.54, 1.807) is 0 Å². The zero-order valence-corrected chi connectivity index (χ0v) is 26.2. The minimum Gasteiger partial charge on any atom is -0.309 e. The van der Waals surface area contributed by atoms with Gasteiger partial charge in [0, 0.05) is 56.0 Å². The number of benzene rings is 6. The Kier molecular flexibility index (Phi) is 5.87. The topological polar surface area (TPSA) is 48.0 Å². The maximum Gasteiger partial charge on any atom is 0.188 e. The molecule has 0 atom stereocenters. The van der Waals surface area contributed by atoms with E-state index in [9.17, 15) is 0 Å². The highest BCUT2D eigenvalue weighted by atomic mass is 15.0. The van der Waals surface area contributed by atoms with Gasteiger partial charge in [0.1, 0.15) is 0 Å². The van der Waals surface area contributed by atoms with Crippen molar-refractivity contribution >= 4 is 71.0 Å². The lowest BCUT2D eigenvalue weighted by Crippen LogP contribution is -1.95. The molecule has 4 aromatic heterocycles. The molecule has 0 radical (unpaired) electrons. The van der Waals surface area contributed by atoms with Crippen molar-refractivity contribution < 1.29 is 0 Å². The molecule has 0 fully saturated rings. The van der Waals surface area contributed by atoms with E-state index in [4.69, 9.17) is 21.5 Å². The smallest absolute Gasteiger partial charge is 0.188 e. The van der Waals surface area contributed by atoms with Gasteiger partial charge in [-0.2, -0.15) is 0 Å². The van der Waals surface area contributed by atoms with Gasteiger partial charge in [0.05, 0.1) is 39.8 Å². The molecular formula is C44H25N5. The molecule has 49 heavy (non-hydrogen) atoms. The predicted octanol–water partition coefficient (Wildman–Crippen LogP) is 11.5. The van der Waals surface area contributed by atoms with Crippen LogP contribution in [0, 0.1) is 6.57 Å². The molecule has 5 heteroatoms. The zero-order valence-electron chi connectivity index (χ0n) is 26.2. The van der Waals surface area contributed by atoms with E-state index in [0.717, 1.165) is 93.4 Å². The van der Waals surface area contributed by atoms with Gasteiger partial charge in [-0.1, -0.05) is 84.9 Å². The van der Waals surface area contributed by atoms with Crippen LogP contribution in [0.15, 0.2) is 152 Å². The Morgan fingerprint density at radius 3 is 1.86 bits per heavy atom. The summed E-state index contributed by atoms with van der Waals surface area (Å²) in [5, 5.41) is 7.56. The first-order valence-electron chi connectivity index (χ1n) is 16.2. The van der Waals surface area contributed by atoms with Gasteiger partial charge in [0.15, 0.2) is 5.69 Å². The van der Waals surface area contributed by atoms with Crippen LogP contribution in [-0.2, 0) is 0 Å². The normalized spacial score (nSPS) is 11.7. The van der Waals surface area contributed by atoms with E-state index < -0.39 is 0 Å². The first kappa shape index (κ1) is 27.2. The minimum atomic E-state index is 0.629. The number of fused-ring (bicyclic) bond motifs is 11. The molecule has 0 saturated heterocycles. The van der Waals surface area contributed by atoms with Crippen LogP contribution in [0.1, 0.15) is 0 Å². The largest absolute Gasteiger partial charge is 0.309 e. The van der Waals surface area contributed by atoms with Crippen molar-refractivity contribution in [3.05, 3.63) is 163 Å². The fourth-order valence-electron chi connectivity index (χ4n) is 7.50. The van der Waals surface area contributed by atoms with Crippen molar-refractivity contribution in [2.24, 2.45) is 0 Å². The molecule has 0 spiro atoms.